The van der Waals surface area contributed by atoms with E-state index in [0.29, 0.717) is 11.4 Å². The zero-order chi connectivity index (χ0) is 17.2. The molecule has 0 atom stereocenters. The van der Waals surface area contributed by atoms with E-state index in [1.165, 1.54) is 16.5 Å². The maximum Gasteiger partial charge on any atom is 0.0671 e. The van der Waals surface area contributed by atoms with E-state index >= 15 is 0 Å². The molecular formula is C23H20N2. The minimum Gasteiger partial charge on any atom is -0.398 e. The van der Waals surface area contributed by atoms with Crippen molar-refractivity contribution < 1.29 is 0 Å². The molecule has 0 saturated carbocycles. The first kappa shape index (κ1) is 15.4. The number of nitrogens with one attached hydrogen (secondary N) is 1. The lowest BCUT2D eigenvalue weighted by molar-refractivity contribution is 0.974. The molecule has 0 spiro atoms. The number of allylic oxidation sites excluding steroid dienone is 3. The van der Waals surface area contributed by atoms with Crippen molar-refractivity contribution in [2.75, 3.05) is 0 Å². The minimum absolute atomic E-state index is 0.540. The normalized spacial score (nSPS) is 14.1. The molecule has 0 unspecified atom stereocenters. The predicted molar refractivity (Wildman–Crippen MR) is 106 cm³/mol. The molecule has 0 bridgehead atoms. The summed E-state index contributed by atoms with van der Waals surface area (Å²) in [7, 11) is 0. The zero-order valence-electron chi connectivity index (χ0n) is 14.0. The van der Waals surface area contributed by atoms with Crippen molar-refractivity contribution in [3.8, 4) is 11.1 Å². The third-order valence-corrected chi connectivity index (χ3v) is 4.79. The summed E-state index contributed by atoms with van der Waals surface area (Å²) in [6, 6.07) is 22.9. The van der Waals surface area contributed by atoms with Gasteiger partial charge in [-0.2, -0.15) is 0 Å². The van der Waals surface area contributed by atoms with Gasteiger partial charge in [0.15, 0.2) is 0 Å². The fraction of sp³-hybridized carbons (Fsp3) is 0.0870. The smallest absolute Gasteiger partial charge is 0.0671 e. The standard InChI is InChI=1S/C23H20N2/c24-22-13-7-6-12-21(22)23(25)20-15-14-17(16-8-2-1-3-9-16)18-10-4-5-11-19(18)20/h1-5,7-11,13-15,25H,6,12,24H2. The van der Waals surface area contributed by atoms with Crippen LogP contribution in [-0.4, -0.2) is 5.71 Å². The van der Waals surface area contributed by atoms with Gasteiger partial charge in [-0.25, -0.2) is 0 Å². The van der Waals surface area contributed by atoms with Crippen LogP contribution in [0.5, 0.6) is 0 Å². The fourth-order valence-corrected chi connectivity index (χ4v) is 3.50. The molecule has 1 aliphatic rings. The summed E-state index contributed by atoms with van der Waals surface area (Å²) in [5.74, 6) is 0. The number of hydrogen-bond donors (Lipinski definition) is 2. The second kappa shape index (κ2) is 6.40. The van der Waals surface area contributed by atoms with Gasteiger partial charge in [0.2, 0.25) is 0 Å². The lowest BCUT2D eigenvalue weighted by atomic mass is 9.88. The lowest BCUT2D eigenvalue weighted by Gasteiger charge is -2.17. The van der Waals surface area contributed by atoms with E-state index in [4.69, 9.17) is 11.1 Å². The Kier molecular flexibility index (Phi) is 3.95. The summed E-state index contributed by atoms with van der Waals surface area (Å²) in [5.41, 5.74) is 11.7. The van der Waals surface area contributed by atoms with Crippen LogP contribution in [0.4, 0.5) is 0 Å². The molecule has 122 valence electrons. The van der Waals surface area contributed by atoms with Crippen molar-refractivity contribution in [1.82, 2.24) is 0 Å². The molecule has 0 saturated heterocycles. The first-order chi connectivity index (χ1) is 12.3. The molecule has 0 aliphatic heterocycles. The Morgan fingerprint density at radius 3 is 2.32 bits per heavy atom. The van der Waals surface area contributed by atoms with Crippen molar-refractivity contribution in [1.29, 1.82) is 5.41 Å². The quantitative estimate of drug-likeness (QED) is 0.619. The molecule has 3 aromatic rings. The van der Waals surface area contributed by atoms with Crippen molar-refractivity contribution in [3.05, 3.63) is 95.7 Å². The number of nitrogens with two attached hydrogens (primary N) is 1. The summed E-state index contributed by atoms with van der Waals surface area (Å²) >= 11 is 0. The highest BCUT2D eigenvalue weighted by molar-refractivity contribution is 6.19. The molecular weight excluding hydrogens is 304 g/mol. The molecule has 0 radical (unpaired) electrons. The van der Waals surface area contributed by atoms with Crippen molar-refractivity contribution >= 4 is 16.5 Å². The van der Waals surface area contributed by atoms with E-state index in [-0.39, 0.29) is 0 Å². The van der Waals surface area contributed by atoms with E-state index in [9.17, 15) is 0 Å². The van der Waals surface area contributed by atoms with Gasteiger partial charge in [0, 0.05) is 16.8 Å². The second-order valence-electron chi connectivity index (χ2n) is 6.32. The maximum absolute atomic E-state index is 8.74. The highest BCUT2D eigenvalue weighted by atomic mass is 14.6. The Hall–Kier alpha value is -3.13. The molecule has 0 fully saturated rings. The first-order valence-corrected chi connectivity index (χ1v) is 8.57. The van der Waals surface area contributed by atoms with Gasteiger partial charge in [0.25, 0.3) is 0 Å². The van der Waals surface area contributed by atoms with Gasteiger partial charge in [-0.3, -0.25) is 5.41 Å². The monoisotopic (exact) mass is 324 g/mol. The molecule has 3 aromatic carbocycles. The van der Waals surface area contributed by atoms with Gasteiger partial charge in [-0.05, 0) is 40.8 Å². The molecule has 2 nitrogen and oxygen atoms in total. The molecule has 4 rings (SSSR count). The van der Waals surface area contributed by atoms with E-state index in [2.05, 4.69) is 60.7 Å². The maximum atomic E-state index is 8.74. The van der Waals surface area contributed by atoms with Gasteiger partial charge in [0.05, 0.1) is 5.71 Å². The average molecular weight is 324 g/mol. The largest absolute Gasteiger partial charge is 0.398 e. The van der Waals surface area contributed by atoms with Crippen molar-refractivity contribution in [2.24, 2.45) is 5.73 Å². The van der Waals surface area contributed by atoms with Crippen LogP contribution in [0.2, 0.25) is 0 Å². The number of fused-ring (bicyclic) bond motifs is 1. The number of rotatable bonds is 3. The van der Waals surface area contributed by atoms with Crippen LogP contribution in [0.3, 0.4) is 0 Å². The highest BCUT2D eigenvalue weighted by Gasteiger charge is 2.16. The summed E-state index contributed by atoms with van der Waals surface area (Å²) < 4.78 is 0. The number of benzene rings is 3. The Balaban J connectivity index is 1.90. The molecule has 3 N–H and O–H groups in total. The van der Waals surface area contributed by atoms with Crippen molar-refractivity contribution in [2.45, 2.75) is 12.8 Å². The van der Waals surface area contributed by atoms with Gasteiger partial charge in [0.1, 0.15) is 0 Å². The SMILES string of the molecule is N=C(C1=C(N)C=CCC1)c1ccc(-c2ccccc2)c2ccccc12. The van der Waals surface area contributed by atoms with Crippen molar-refractivity contribution in [3.63, 3.8) is 0 Å². The van der Waals surface area contributed by atoms with Gasteiger partial charge in [-0.1, -0.05) is 72.8 Å². The third-order valence-electron chi connectivity index (χ3n) is 4.79. The van der Waals surface area contributed by atoms with Gasteiger partial charge < -0.3 is 5.73 Å². The topological polar surface area (TPSA) is 49.9 Å². The first-order valence-electron chi connectivity index (χ1n) is 8.57. The Morgan fingerprint density at radius 1 is 0.840 bits per heavy atom. The molecule has 0 aromatic heterocycles. The molecule has 1 aliphatic carbocycles. The molecule has 2 heteroatoms. The lowest BCUT2D eigenvalue weighted by Crippen LogP contribution is -2.13. The molecule has 25 heavy (non-hydrogen) atoms. The Labute approximate surface area is 147 Å². The highest BCUT2D eigenvalue weighted by Crippen LogP contribution is 2.32. The second-order valence-corrected chi connectivity index (χ2v) is 6.32. The van der Waals surface area contributed by atoms with E-state index in [1.807, 2.05) is 18.2 Å². The van der Waals surface area contributed by atoms with Crippen LogP contribution in [0.25, 0.3) is 21.9 Å². The van der Waals surface area contributed by atoms with Gasteiger partial charge >= 0.3 is 0 Å². The van der Waals surface area contributed by atoms with E-state index in [1.54, 1.807) is 0 Å². The van der Waals surface area contributed by atoms with Crippen LogP contribution >= 0.6 is 0 Å². The molecule has 0 amide bonds. The predicted octanol–water partition coefficient (Wildman–Crippen LogP) is 5.44. The Bertz CT molecular complexity index is 1010. The molecule has 0 heterocycles. The third kappa shape index (κ3) is 2.76. The average Bonchev–Trinajstić information content (AvgIpc) is 2.68. The summed E-state index contributed by atoms with van der Waals surface area (Å²) in [5, 5.41) is 11.0. The van der Waals surface area contributed by atoms with Crippen LogP contribution in [-0.2, 0) is 0 Å². The van der Waals surface area contributed by atoms with Crippen LogP contribution in [0.1, 0.15) is 18.4 Å². The Morgan fingerprint density at radius 2 is 1.56 bits per heavy atom. The van der Waals surface area contributed by atoms with E-state index < -0.39 is 0 Å². The number of hydrogen-bond acceptors (Lipinski definition) is 2. The summed E-state index contributed by atoms with van der Waals surface area (Å²) in [4.78, 5) is 0. The van der Waals surface area contributed by atoms with E-state index in [0.717, 1.165) is 29.4 Å². The van der Waals surface area contributed by atoms with Crippen LogP contribution in [0.15, 0.2) is 90.2 Å². The summed E-state index contributed by atoms with van der Waals surface area (Å²) in [6.07, 6.45) is 5.77. The zero-order valence-corrected chi connectivity index (χ0v) is 14.0. The summed E-state index contributed by atoms with van der Waals surface area (Å²) in [6.45, 7) is 0. The van der Waals surface area contributed by atoms with Crippen LogP contribution in [0, 0.1) is 5.41 Å². The van der Waals surface area contributed by atoms with Gasteiger partial charge in [-0.15, -0.1) is 0 Å². The fourth-order valence-electron chi connectivity index (χ4n) is 3.50. The minimum atomic E-state index is 0.540. The van der Waals surface area contributed by atoms with Crippen LogP contribution < -0.4 is 5.73 Å².